The summed E-state index contributed by atoms with van der Waals surface area (Å²) in [4.78, 5) is 18.3. The van der Waals surface area contributed by atoms with E-state index in [4.69, 9.17) is 4.74 Å². The first kappa shape index (κ1) is 17.4. The van der Waals surface area contributed by atoms with Crippen molar-refractivity contribution in [2.45, 2.75) is 31.8 Å². The molecule has 3 rings (SSSR count). The van der Waals surface area contributed by atoms with E-state index < -0.39 is 0 Å². The van der Waals surface area contributed by atoms with Crippen LogP contribution >= 0.6 is 0 Å². The van der Waals surface area contributed by atoms with Crippen LogP contribution < -0.4 is 10.1 Å². The summed E-state index contributed by atoms with van der Waals surface area (Å²) in [5, 5.41) is 3.22. The van der Waals surface area contributed by atoms with E-state index in [0.29, 0.717) is 0 Å². The maximum Gasteiger partial charge on any atom is 0.217 e. The minimum absolute atomic E-state index is 0.0124. The van der Waals surface area contributed by atoms with Crippen molar-refractivity contribution in [2.24, 2.45) is 0 Å². The number of carbonyl (C=O) groups excluding carboxylic acids is 1. The third-order valence-electron chi connectivity index (χ3n) is 4.92. The van der Waals surface area contributed by atoms with Gasteiger partial charge in [-0.3, -0.25) is 14.7 Å². The first-order chi connectivity index (χ1) is 12.1. The van der Waals surface area contributed by atoms with Gasteiger partial charge in [-0.05, 0) is 48.2 Å². The molecule has 0 atom stereocenters. The molecule has 0 bridgehead atoms. The number of rotatable bonds is 5. The number of likely N-dealkylation sites (tertiary alicyclic amines) is 1. The Labute approximate surface area is 149 Å². The number of hydrogen-bond donors (Lipinski definition) is 1. The third-order valence-corrected chi connectivity index (χ3v) is 4.92. The lowest BCUT2D eigenvalue weighted by Gasteiger charge is -2.42. The normalized spacial score (nSPS) is 17.0. The highest BCUT2D eigenvalue weighted by atomic mass is 16.5. The van der Waals surface area contributed by atoms with E-state index in [-0.39, 0.29) is 11.4 Å². The van der Waals surface area contributed by atoms with Gasteiger partial charge in [0.2, 0.25) is 5.91 Å². The number of aromatic nitrogens is 1. The predicted octanol–water partition coefficient (Wildman–Crippen LogP) is 2.72. The lowest BCUT2D eigenvalue weighted by Crippen LogP contribution is -2.52. The zero-order valence-corrected chi connectivity index (χ0v) is 14.9. The molecule has 1 amide bonds. The highest BCUT2D eigenvalue weighted by molar-refractivity contribution is 5.74. The average molecular weight is 339 g/mol. The molecule has 0 spiro atoms. The molecular formula is C20H25N3O2. The molecule has 1 aromatic carbocycles. The molecule has 1 saturated heterocycles. The van der Waals surface area contributed by atoms with Crippen LogP contribution in [0, 0.1) is 0 Å². The van der Waals surface area contributed by atoms with Gasteiger partial charge >= 0.3 is 0 Å². The van der Waals surface area contributed by atoms with Crippen LogP contribution in [-0.2, 0) is 16.9 Å². The molecule has 1 aliphatic heterocycles. The van der Waals surface area contributed by atoms with Crippen LogP contribution in [0.3, 0.4) is 0 Å². The topological polar surface area (TPSA) is 54.5 Å². The monoisotopic (exact) mass is 339 g/mol. The number of benzene rings is 1. The first-order valence-electron chi connectivity index (χ1n) is 8.66. The molecule has 25 heavy (non-hydrogen) atoms. The quantitative estimate of drug-likeness (QED) is 0.910. The van der Waals surface area contributed by atoms with Crippen LogP contribution in [0.15, 0.2) is 48.8 Å². The van der Waals surface area contributed by atoms with Crippen molar-refractivity contribution in [1.29, 1.82) is 0 Å². The zero-order valence-electron chi connectivity index (χ0n) is 14.9. The highest BCUT2D eigenvalue weighted by Gasteiger charge is 2.36. The molecule has 2 heterocycles. The van der Waals surface area contributed by atoms with E-state index in [9.17, 15) is 4.79 Å². The smallest absolute Gasteiger partial charge is 0.217 e. The molecule has 0 unspecified atom stereocenters. The van der Waals surface area contributed by atoms with Crippen LogP contribution in [0.25, 0.3) is 0 Å². The van der Waals surface area contributed by atoms with Crippen LogP contribution in [0.5, 0.6) is 5.75 Å². The molecule has 0 saturated carbocycles. The van der Waals surface area contributed by atoms with Gasteiger partial charge in [-0.25, -0.2) is 0 Å². The number of methoxy groups -OCH3 is 1. The van der Waals surface area contributed by atoms with E-state index in [1.165, 1.54) is 5.56 Å². The van der Waals surface area contributed by atoms with Gasteiger partial charge < -0.3 is 10.1 Å². The number of piperidine rings is 1. The van der Waals surface area contributed by atoms with Gasteiger partial charge in [-0.2, -0.15) is 0 Å². The van der Waals surface area contributed by atoms with E-state index in [2.05, 4.69) is 39.5 Å². The fraction of sp³-hybridized carbons (Fsp3) is 0.400. The number of hydrogen-bond acceptors (Lipinski definition) is 4. The van der Waals surface area contributed by atoms with Gasteiger partial charge in [0.25, 0.3) is 0 Å². The Kier molecular flexibility index (Phi) is 5.34. The Morgan fingerprint density at radius 1 is 1.16 bits per heavy atom. The van der Waals surface area contributed by atoms with E-state index >= 15 is 0 Å². The summed E-state index contributed by atoms with van der Waals surface area (Å²) in [6.07, 6.45) is 5.45. The van der Waals surface area contributed by atoms with Crippen molar-refractivity contribution in [3.05, 3.63) is 59.9 Å². The molecule has 5 heteroatoms. The largest absolute Gasteiger partial charge is 0.497 e. The van der Waals surface area contributed by atoms with Gasteiger partial charge in [0, 0.05) is 39.0 Å². The van der Waals surface area contributed by atoms with Crippen molar-refractivity contribution < 1.29 is 9.53 Å². The van der Waals surface area contributed by atoms with E-state index in [1.54, 1.807) is 14.0 Å². The third kappa shape index (κ3) is 4.17. The maximum atomic E-state index is 11.8. The van der Waals surface area contributed by atoms with Gasteiger partial charge in [-0.15, -0.1) is 0 Å². The summed E-state index contributed by atoms with van der Waals surface area (Å²) < 4.78 is 5.25. The minimum Gasteiger partial charge on any atom is -0.497 e. The van der Waals surface area contributed by atoms with E-state index in [0.717, 1.165) is 43.8 Å². The maximum absolute atomic E-state index is 11.8. The lowest BCUT2D eigenvalue weighted by atomic mass is 9.80. The van der Waals surface area contributed by atoms with Crippen LogP contribution in [0.4, 0.5) is 0 Å². The summed E-state index contributed by atoms with van der Waals surface area (Å²) in [6, 6.07) is 12.2. The highest BCUT2D eigenvalue weighted by Crippen LogP contribution is 2.34. The lowest BCUT2D eigenvalue weighted by molar-refractivity contribution is -0.121. The molecule has 132 valence electrons. The van der Waals surface area contributed by atoms with Gasteiger partial charge in [0.1, 0.15) is 5.75 Å². The van der Waals surface area contributed by atoms with Gasteiger partial charge in [-0.1, -0.05) is 12.1 Å². The van der Waals surface area contributed by atoms with E-state index in [1.807, 2.05) is 24.5 Å². The summed E-state index contributed by atoms with van der Waals surface area (Å²) in [7, 11) is 1.66. The number of pyridine rings is 1. The predicted molar refractivity (Wildman–Crippen MR) is 97.2 cm³/mol. The average Bonchev–Trinajstić information content (AvgIpc) is 2.64. The van der Waals surface area contributed by atoms with Gasteiger partial charge in [0.15, 0.2) is 0 Å². The fourth-order valence-electron chi connectivity index (χ4n) is 3.57. The van der Waals surface area contributed by atoms with Crippen molar-refractivity contribution >= 4 is 5.91 Å². The van der Waals surface area contributed by atoms with Crippen LogP contribution in [-0.4, -0.2) is 36.0 Å². The second kappa shape index (κ2) is 7.66. The standard InChI is InChI=1S/C20H25N3O2/c1-16(24)22-20(18-3-5-19(25-2)6-4-18)9-13-23(14-10-20)15-17-7-11-21-12-8-17/h3-8,11-12H,9-10,13-15H2,1-2H3,(H,22,24). The molecule has 1 fully saturated rings. The van der Waals surface area contributed by atoms with Crippen molar-refractivity contribution in [3.63, 3.8) is 0 Å². The molecule has 0 radical (unpaired) electrons. The van der Waals surface area contributed by atoms with Gasteiger partial charge in [0.05, 0.1) is 12.6 Å². The van der Waals surface area contributed by atoms with Crippen molar-refractivity contribution in [1.82, 2.24) is 15.2 Å². The number of ether oxygens (including phenoxy) is 1. The second-order valence-corrected chi connectivity index (χ2v) is 6.62. The summed E-state index contributed by atoms with van der Waals surface area (Å²) in [5.74, 6) is 0.843. The molecule has 1 aliphatic rings. The molecular weight excluding hydrogens is 314 g/mol. The Bertz CT molecular complexity index is 693. The molecule has 0 aliphatic carbocycles. The number of nitrogens with zero attached hydrogens (tertiary/aromatic N) is 2. The molecule has 5 nitrogen and oxygen atoms in total. The Balaban J connectivity index is 1.73. The second-order valence-electron chi connectivity index (χ2n) is 6.62. The fourth-order valence-corrected chi connectivity index (χ4v) is 3.57. The molecule has 1 aromatic heterocycles. The van der Waals surface area contributed by atoms with Crippen LogP contribution in [0.2, 0.25) is 0 Å². The van der Waals surface area contributed by atoms with Crippen LogP contribution in [0.1, 0.15) is 30.9 Å². The zero-order chi connectivity index (χ0) is 17.7. The summed E-state index contributed by atoms with van der Waals surface area (Å²) in [5.41, 5.74) is 2.12. The van der Waals surface area contributed by atoms with Crippen molar-refractivity contribution in [3.8, 4) is 5.75 Å². The minimum atomic E-state index is -0.299. The molecule has 2 aromatic rings. The summed E-state index contributed by atoms with van der Waals surface area (Å²) in [6.45, 7) is 4.39. The Hall–Kier alpha value is -2.40. The Morgan fingerprint density at radius 3 is 2.36 bits per heavy atom. The number of carbonyl (C=O) groups is 1. The van der Waals surface area contributed by atoms with Crippen molar-refractivity contribution in [2.75, 3.05) is 20.2 Å². The number of nitrogens with one attached hydrogen (secondary N) is 1. The summed E-state index contributed by atoms with van der Waals surface area (Å²) >= 11 is 0. The first-order valence-corrected chi connectivity index (χ1v) is 8.66. The molecule has 1 N–H and O–H groups in total. The Morgan fingerprint density at radius 2 is 1.80 bits per heavy atom. The SMILES string of the molecule is COc1ccc(C2(NC(C)=O)CCN(Cc3ccncc3)CC2)cc1. The number of amides is 1.